The zero-order valence-electron chi connectivity index (χ0n) is 15.6. The Balaban J connectivity index is 2.26. The summed E-state index contributed by atoms with van der Waals surface area (Å²) >= 11 is 0. The number of nitrogens with one attached hydrogen (secondary N) is 1. The Labute approximate surface area is 155 Å². The van der Waals surface area contributed by atoms with Gasteiger partial charge in [-0.05, 0) is 31.5 Å². The minimum absolute atomic E-state index is 0.0424. The summed E-state index contributed by atoms with van der Waals surface area (Å²) in [4.78, 5) is 13.3. The van der Waals surface area contributed by atoms with E-state index in [4.69, 9.17) is 0 Å². The van der Waals surface area contributed by atoms with Gasteiger partial charge >= 0.3 is 0 Å². The molecule has 0 unspecified atom stereocenters. The molecule has 26 heavy (non-hydrogen) atoms. The van der Waals surface area contributed by atoms with Crippen molar-refractivity contribution in [3.8, 4) is 0 Å². The van der Waals surface area contributed by atoms with E-state index in [1.807, 2.05) is 0 Å². The lowest BCUT2D eigenvalue weighted by Gasteiger charge is -2.31. The molecule has 0 atom stereocenters. The van der Waals surface area contributed by atoms with Gasteiger partial charge in [0.1, 0.15) is 5.69 Å². The molecule has 1 aromatic carbocycles. The Kier molecular flexibility index (Phi) is 6.96. The maximum absolute atomic E-state index is 12.6. The van der Waals surface area contributed by atoms with Crippen molar-refractivity contribution in [3.05, 3.63) is 28.3 Å². The van der Waals surface area contributed by atoms with Crippen LogP contribution in [0.3, 0.4) is 0 Å². The summed E-state index contributed by atoms with van der Waals surface area (Å²) in [6.07, 6.45) is 1.81. The maximum Gasteiger partial charge on any atom is 0.293 e. The zero-order valence-corrected chi connectivity index (χ0v) is 16.5. The Morgan fingerprint density at radius 2 is 1.85 bits per heavy atom. The first kappa shape index (κ1) is 20.6. The quantitative estimate of drug-likeness (QED) is 0.546. The lowest BCUT2D eigenvalue weighted by molar-refractivity contribution is -0.384. The maximum atomic E-state index is 12.6. The van der Waals surface area contributed by atoms with Gasteiger partial charge in [0.15, 0.2) is 0 Å². The van der Waals surface area contributed by atoms with E-state index in [0.717, 1.165) is 38.5 Å². The second-order valence-electron chi connectivity index (χ2n) is 6.38. The molecule has 1 aliphatic rings. The van der Waals surface area contributed by atoms with Crippen molar-refractivity contribution in [2.24, 2.45) is 0 Å². The number of nitro benzene ring substituents is 1. The molecule has 9 heteroatoms. The second-order valence-corrected chi connectivity index (χ2v) is 8.32. The van der Waals surface area contributed by atoms with E-state index in [0.29, 0.717) is 18.8 Å². The summed E-state index contributed by atoms with van der Waals surface area (Å²) in [6.45, 7) is 9.17. The number of nitrogens with zero attached hydrogens (tertiary/aromatic N) is 3. The van der Waals surface area contributed by atoms with Crippen LogP contribution in [-0.4, -0.2) is 61.3 Å². The molecule has 0 radical (unpaired) electrons. The molecule has 0 amide bonds. The number of hydrogen-bond acceptors (Lipinski definition) is 6. The molecular formula is C17H28N4O4S. The third-order valence-electron chi connectivity index (χ3n) is 4.90. The monoisotopic (exact) mass is 384 g/mol. The van der Waals surface area contributed by atoms with Crippen molar-refractivity contribution < 1.29 is 13.3 Å². The number of likely N-dealkylation sites (tertiary alicyclic amines) is 1. The molecule has 8 nitrogen and oxygen atoms in total. The molecule has 1 heterocycles. The van der Waals surface area contributed by atoms with Gasteiger partial charge < -0.3 is 10.2 Å². The summed E-state index contributed by atoms with van der Waals surface area (Å²) in [5.74, 6) is 0. The molecule has 0 saturated carbocycles. The number of piperidine rings is 1. The van der Waals surface area contributed by atoms with Crippen molar-refractivity contribution in [2.75, 3.05) is 38.0 Å². The van der Waals surface area contributed by atoms with Gasteiger partial charge in [-0.15, -0.1) is 0 Å². The fraction of sp³-hybridized carbons (Fsp3) is 0.647. The van der Waals surface area contributed by atoms with Crippen LogP contribution in [0.25, 0.3) is 0 Å². The predicted molar refractivity (Wildman–Crippen MR) is 102 cm³/mol. The summed E-state index contributed by atoms with van der Waals surface area (Å²) < 4.78 is 26.5. The first-order chi connectivity index (χ1) is 12.3. The third-order valence-corrected chi connectivity index (χ3v) is 6.95. The van der Waals surface area contributed by atoms with E-state index in [9.17, 15) is 18.5 Å². The van der Waals surface area contributed by atoms with E-state index in [1.165, 1.54) is 16.4 Å². The average Bonchev–Trinajstić information content (AvgIpc) is 2.63. The van der Waals surface area contributed by atoms with Gasteiger partial charge in [-0.25, -0.2) is 8.42 Å². The Morgan fingerprint density at radius 1 is 1.23 bits per heavy atom. The van der Waals surface area contributed by atoms with Crippen molar-refractivity contribution in [1.29, 1.82) is 0 Å². The molecule has 0 aromatic heterocycles. The molecule has 0 spiro atoms. The standard InChI is InChI=1S/C17H28N4O4S/c1-4-19-11-9-14(10-12-19)18-16-8-7-15(13-17(16)21(22)23)26(24,25)20(5-2)6-3/h7-8,13-14,18H,4-6,9-12H2,1-3H3. The van der Waals surface area contributed by atoms with Crippen molar-refractivity contribution in [1.82, 2.24) is 9.21 Å². The average molecular weight is 385 g/mol. The van der Waals surface area contributed by atoms with Gasteiger partial charge in [-0.1, -0.05) is 20.8 Å². The van der Waals surface area contributed by atoms with Crippen LogP contribution in [0, 0.1) is 10.1 Å². The molecule has 1 saturated heterocycles. The van der Waals surface area contributed by atoms with Crippen LogP contribution in [0.5, 0.6) is 0 Å². The molecule has 1 aromatic rings. The Morgan fingerprint density at radius 3 is 2.35 bits per heavy atom. The van der Waals surface area contributed by atoms with Crippen molar-refractivity contribution >= 4 is 21.4 Å². The van der Waals surface area contributed by atoms with Gasteiger partial charge in [-0.2, -0.15) is 4.31 Å². The van der Waals surface area contributed by atoms with Crippen LogP contribution in [0.2, 0.25) is 0 Å². The molecule has 1 N–H and O–H groups in total. The topological polar surface area (TPSA) is 95.8 Å². The number of hydrogen-bond donors (Lipinski definition) is 1. The Bertz CT molecular complexity index is 726. The normalized spacial score (nSPS) is 16.8. The van der Waals surface area contributed by atoms with Crippen LogP contribution < -0.4 is 5.32 Å². The summed E-state index contributed by atoms with van der Waals surface area (Å²) in [5.41, 5.74) is 0.180. The third kappa shape index (κ3) is 4.52. The largest absolute Gasteiger partial charge is 0.377 e. The highest BCUT2D eigenvalue weighted by Gasteiger charge is 2.27. The summed E-state index contributed by atoms with van der Waals surface area (Å²) in [5, 5.41) is 14.7. The van der Waals surface area contributed by atoms with E-state index in [-0.39, 0.29) is 16.6 Å². The molecule has 1 aliphatic heterocycles. The number of rotatable bonds is 8. The lowest BCUT2D eigenvalue weighted by atomic mass is 10.0. The zero-order chi connectivity index (χ0) is 19.3. The molecule has 2 rings (SSSR count). The van der Waals surface area contributed by atoms with Gasteiger partial charge in [0.25, 0.3) is 5.69 Å². The molecule has 0 bridgehead atoms. The fourth-order valence-electron chi connectivity index (χ4n) is 3.27. The van der Waals surface area contributed by atoms with Gasteiger partial charge in [0.05, 0.1) is 9.82 Å². The molecule has 1 fully saturated rings. The lowest BCUT2D eigenvalue weighted by Crippen LogP contribution is -2.38. The highest BCUT2D eigenvalue weighted by atomic mass is 32.2. The smallest absolute Gasteiger partial charge is 0.293 e. The summed E-state index contributed by atoms with van der Waals surface area (Å²) in [6, 6.07) is 4.28. The number of nitro groups is 1. The van der Waals surface area contributed by atoms with Crippen LogP contribution in [0.15, 0.2) is 23.1 Å². The number of sulfonamides is 1. The Hall–Kier alpha value is -1.71. The van der Waals surface area contributed by atoms with Crippen LogP contribution >= 0.6 is 0 Å². The predicted octanol–water partition coefficient (Wildman–Crippen LogP) is 2.52. The minimum Gasteiger partial charge on any atom is -0.377 e. The second kappa shape index (κ2) is 8.79. The fourth-order valence-corrected chi connectivity index (χ4v) is 4.75. The SMILES string of the molecule is CCN1CCC(Nc2ccc(S(=O)(=O)N(CC)CC)cc2[N+](=O)[O-])CC1. The van der Waals surface area contributed by atoms with Crippen LogP contribution in [-0.2, 0) is 10.0 Å². The van der Waals surface area contributed by atoms with Crippen LogP contribution in [0.4, 0.5) is 11.4 Å². The minimum atomic E-state index is -3.72. The van der Waals surface area contributed by atoms with Gasteiger partial charge in [0.2, 0.25) is 10.0 Å². The van der Waals surface area contributed by atoms with Gasteiger partial charge in [0, 0.05) is 38.3 Å². The van der Waals surface area contributed by atoms with E-state index >= 15 is 0 Å². The number of anilines is 1. The summed E-state index contributed by atoms with van der Waals surface area (Å²) in [7, 11) is -3.72. The molecule has 0 aliphatic carbocycles. The first-order valence-electron chi connectivity index (χ1n) is 9.10. The van der Waals surface area contributed by atoms with E-state index < -0.39 is 14.9 Å². The van der Waals surface area contributed by atoms with E-state index in [2.05, 4.69) is 17.1 Å². The van der Waals surface area contributed by atoms with Crippen molar-refractivity contribution in [3.63, 3.8) is 0 Å². The molecule has 146 valence electrons. The van der Waals surface area contributed by atoms with Gasteiger partial charge in [-0.3, -0.25) is 10.1 Å². The highest BCUT2D eigenvalue weighted by Crippen LogP contribution is 2.30. The first-order valence-corrected chi connectivity index (χ1v) is 10.5. The van der Waals surface area contributed by atoms with Crippen molar-refractivity contribution in [2.45, 2.75) is 44.6 Å². The number of benzene rings is 1. The van der Waals surface area contributed by atoms with E-state index in [1.54, 1.807) is 13.8 Å². The highest BCUT2D eigenvalue weighted by molar-refractivity contribution is 7.89. The molecular weight excluding hydrogens is 356 g/mol. The van der Waals surface area contributed by atoms with Crippen LogP contribution in [0.1, 0.15) is 33.6 Å².